The number of hydrogen-bond donors (Lipinski definition) is 3. The minimum absolute atomic E-state index is 0.121. The summed E-state index contributed by atoms with van der Waals surface area (Å²) < 4.78 is 5.03. The van der Waals surface area contributed by atoms with Crippen molar-refractivity contribution in [2.24, 2.45) is 5.73 Å². The summed E-state index contributed by atoms with van der Waals surface area (Å²) >= 11 is 0. The Morgan fingerprint density at radius 3 is 2.78 bits per heavy atom. The zero-order valence-corrected chi connectivity index (χ0v) is 12.9. The fourth-order valence-corrected chi connectivity index (χ4v) is 2.12. The highest BCUT2D eigenvalue weighted by Crippen LogP contribution is 2.20. The van der Waals surface area contributed by atoms with Gasteiger partial charge in [-0.1, -0.05) is 18.2 Å². The van der Waals surface area contributed by atoms with Crippen LogP contribution in [-0.4, -0.2) is 43.1 Å². The number of anilines is 1. The number of carbonyl (C=O) groups is 2. The second-order valence-corrected chi connectivity index (χ2v) is 5.00. The largest absolute Gasteiger partial charge is 0.380 e. The zero-order chi connectivity index (χ0) is 16.7. The number of nitrogens with two attached hydrogens (primary N) is 1. The number of pyridine rings is 1. The molecule has 7 heteroatoms. The Bertz CT molecular complexity index is 681. The summed E-state index contributed by atoms with van der Waals surface area (Å²) in [5.74, 6) is -0.605. The molecule has 1 aromatic heterocycles. The van der Waals surface area contributed by atoms with Gasteiger partial charge in [-0.05, 0) is 12.1 Å². The van der Waals surface area contributed by atoms with E-state index in [0.717, 1.165) is 5.39 Å². The van der Waals surface area contributed by atoms with E-state index in [1.807, 2.05) is 24.3 Å². The van der Waals surface area contributed by atoms with Crippen molar-refractivity contribution in [1.82, 2.24) is 10.3 Å². The van der Waals surface area contributed by atoms with Crippen LogP contribution in [-0.2, 0) is 14.3 Å². The van der Waals surface area contributed by atoms with Crippen molar-refractivity contribution >= 4 is 28.4 Å². The molecule has 23 heavy (non-hydrogen) atoms. The van der Waals surface area contributed by atoms with E-state index in [0.29, 0.717) is 11.2 Å². The van der Waals surface area contributed by atoms with Crippen molar-refractivity contribution in [2.75, 3.05) is 25.5 Å². The highest BCUT2D eigenvalue weighted by atomic mass is 16.5. The van der Waals surface area contributed by atoms with Gasteiger partial charge in [0.25, 0.3) is 0 Å². The maximum atomic E-state index is 12.0. The van der Waals surface area contributed by atoms with Crippen LogP contribution in [0.5, 0.6) is 0 Å². The molecule has 4 N–H and O–H groups in total. The minimum atomic E-state index is -0.347. The average molecular weight is 316 g/mol. The lowest BCUT2D eigenvalue weighted by Crippen LogP contribution is -2.36. The van der Waals surface area contributed by atoms with E-state index in [4.69, 9.17) is 10.5 Å². The van der Waals surface area contributed by atoms with Crippen LogP contribution in [0, 0.1) is 0 Å². The van der Waals surface area contributed by atoms with Gasteiger partial charge in [-0.15, -0.1) is 0 Å². The molecule has 0 saturated heterocycles. The standard InChI is InChI=1S/C16H20N4O3/c1-23-12(9-17)8-14(21)19-10-15(22)20-13-6-2-4-11-5-3-7-18-16(11)13/h2-7,12H,8-10,17H2,1H3,(H,19,21)(H,20,22). The van der Waals surface area contributed by atoms with Gasteiger partial charge in [0.1, 0.15) is 0 Å². The fourth-order valence-electron chi connectivity index (χ4n) is 2.12. The van der Waals surface area contributed by atoms with Crippen molar-refractivity contribution in [1.29, 1.82) is 0 Å². The third-order valence-corrected chi connectivity index (χ3v) is 3.36. The first kappa shape index (κ1) is 16.9. The number of hydrogen-bond acceptors (Lipinski definition) is 5. The number of nitrogens with one attached hydrogen (secondary N) is 2. The molecule has 0 spiro atoms. The Morgan fingerprint density at radius 2 is 2.04 bits per heavy atom. The van der Waals surface area contributed by atoms with Gasteiger partial charge in [-0.25, -0.2) is 0 Å². The van der Waals surface area contributed by atoms with Gasteiger partial charge in [0, 0.05) is 25.2 Å². The number of para-hydroxylation sites is 1. The third-order valence-electron chi connectivity index (χ3n) is 3.36. The van der Waals surface area contributed by atoms with Gasteiger partial charge < -0.3 is 21.1 Å². The molecule has 1 unspecified atom stereocenters. The molecule has 2 aromatic rings. The first-order valence-corrected chi connectivity index (χ1v) is 7.27. The summed E-state index contributed by atoms with van der Waals surface area (Å²) in [6.45, 7) is 0.126. The summed E-state index contributed by atoms with van der Waals surface area (Å²) in [5.41, 5.74) is 6.77. The highest BCUT2D eigenvalue weighted by molar-refractivity contribution is 6.01. The molecule has 0 aliphatic rings. The first-order valence-electron chi connectivity index (χ1n) is 7.27. The maximum Gasteiger partial charge on any atom is 0.243 e. The molecule has 0 aliphatic heterocycles. The second-order valence-electron chi connectivity index (χ2n) is 5.00. The third kappa shape index (κ3) is 4.73. The van der Waals surface area contributed by atoms with Gasteiger partial charge >= 0.3 is 0 Å². The summed E-state index contributed by atoms with van der Waals surface area (Å²) in [7, 11) is 1.49. The van der Waals surface area contributed by atoms with Gasteiger partial charge in [0.05, 0.1) is 30.3 Å². The number of fused-ring (bicyclic) bond motifs is 1. The molecule has 0 bridgehead atoms. The smallest absolute Gasteiger partial charge is 0.243 e. The highest BCUT2D eigenvalue weighted by Gasteiger charge is 2.13. The van der Waals surface area contributed by atoms with Crippen LogP contribution in [0.1, 0.15) is 6.42 Å². The predicted octanol–water partition coefficient (Wildman–Crippen LogP) is 0.653. The van der Waals surface area contributed by atoms with Gasteiger partial charge in [0.2, 0.25) is 11.8 Å². The van der Waals surface area contributed by atoms with Crippen molar-refractivity contribution in [2.45, 2.75) is 12.5 Å². The van der Waals surface area contributed by atoms with Crippen molar-refractivity contribution in [3.8, 4) is 0 Å². The normalized spacial score (nSPS) is 11.9. The Morgan fingerprint density at radius 1 is 1.26 bits per heavy atom. The quantitative estimate of drug-likeness (QED) is 0.695. The lowest BCUT2D eigenvalue weighted by atomic mass is 10.2. The summed E-state index contributed by atoms with van der Waals surface area (Å²) in [6.07, 6.45) is 1.44. The molecule has 2 amide bonds. The van der Waals surface area contributed by atoms with Crippen LogP contribution >= 0.6 is 0 Å². The number of aromatic nitrogens is 1. The molecule has 0 radical (unpaired) electrons. The molecule has 0 saturated carbocycles. The van der Waals surface area contributed by atoms with Crippen molar-refractivity contribution in [3.05, 3.63) is 36.5 Å². The summed E-state index contributed by atoms with van der Waals surface area (Å²) in [5, 5.41) is 6.22. The molecule has 0 aliphatic carbocycles. The van der Waals surface area contributed by atoms with Crippen LogP contribution in [0.4, 0.5) is 5.69 Å². The predicted molar refractivity (Wildman–Crippen MR) is 87.9 cm³/mol. The number of methoxy groups -OCH3 is 1. The summed E-state index contributed by atoms with van der Waals surface area (Å²) in [6, 6.07) is 9.26. The molecule has 1 aromatic carbocycles. The average Bonchev–Trinajstić information content (AvgIpc) is 2.58. The van der Waals surface area contributed by atoms with E-state index in [2.05, 4.69) is 15.6 Å². The van der Waals surface area contributed by atoms with E-state index in [9.17, 15) is 9.59 Å². The van der Waals surface area contributed by atoms with Gasteiger partial charge in [-0.2, -0.15) is 0 Å². The topological polar surface area (TPSA) is 106 Å². The Hall–Kier alpha value is -2.51. The van der Waals surface area contributed by atoms with Gasteiger partial charge in [0.15, 0.2) is 0 Å². The van der Waals surface area contributed by atoms with Crippen LogP contribution in [0.2, 0.25) is 0 Å². The monoisotopic (exact) mass is 316 g/mol. The van der Waals surface area contributed by atoms with Crippen molar-refractivity contribution < 1.29 is 14.3 Å². The van der Waals surface area contributed by atoms with Crippen LogP contribution in [0.25, 0.3) is 10.9 Å². The molecular formula is C16H20N4O3. The number of carbonyl (C=O) groups excluding carboxylic acids is 2. The van der Waals surface area contributed by atoms with E-state index in [1.54, 1.807) is 12.3 Å². The Kier molecular flexibility index (Phi) is 6.02. The van der Waals surface area contributed by atoms with E-state index >= 15 is 0 Å². The number of ether oxygens (including phenoxy) is 1. The van der Waals surface area contributed by atoms with Crippen LogP contribution in [0.15, 0.2) is 36.5 Å². The number of nitrogens with zero attached hydrogens (tertiary/aromatic N) is 1. The van der Waals surface area contributed by atoms with Crippen LogP contribution in [0.3, 0.4) is 0 Å². The van der Waals surface area contributed by atoms with E-state index < -0.39 is 0 Å². The first-order chi connectivity index (χ1) is 11.1. The SMILES string of the molecule is COC(CN)CC(=O)NCC(=O)Nc1cccc2cccnc12. The molecular weight excluding hydrogens is 296 g/mol. The molecule has 7 nitrogen and oxygen atoms in total. The number of amides is 2. The number of rotatable bonds is 7. The molecule has 2 rings (SSSR count). The number of benzene rings is 1. The Labute approximate surface area is 134 Å². The maximum absolute atomic E-state index is 12.0. The molecule has 1 heterocycles. The van der Waals surface area contributed by atoms with Gasteiger partial charge in [-0.3, -0.25) is 14.6 Å². The van der Waals surface area contributed by atoms with Crippen molar-refractivity contribution in [3.63, 3.8) is 0 Å². The lowest BCUT2D eigenvalue weighted by molar-refractivity contribution is -0.125. The van der Waals surface area contributed by atoms with E-state index in [1.165, 1.54) is 7.11 Å². The minimum Gasteiger partial charge on any atom is -0.380 e. The fraction of sp³-hybridized carbons (Fsp3) is 0.312. The van der Waals surface area contributed by atoms with E-state index in [-0.39, 0.29) is 37.4 Å². The molecule has 1 atom stereocenters. The molecule has 0 fully saturated rings. The molecule has 122 valence electrons. The Balaban J connectivity index is 1.90. The second kappa shape index (κ2) is 8.21. The zero-order valence-electron chi connectivity index (χ0n) is 12.9. The summed E-state index contributed by atoms with van der Waals surface area (Å²) in [4.78, 5) is 27.9. The van der Waals surface area contributed by atoms with Crippen LogP contribution < -0.4 is 16.4 Å². The lowest BCUT2D eigenvalue weighted by Gasteiger charge is -2.13.